The van der Waals surface area contributed by atoms with Gasteiger partial charge in [0.25, 0.3) is 0 Å². The largest absolute Gasteiger partial charge is 0.388 e. The number of nitrogens with one attached hydrogen (secondary N) is 1. The Kier molecular flexibility index (Phi) is 4.73. The summed E-state index contributed by atoms with van der Waals surface area (Å²) in [5, 5.41) is 3.23. The molecule has 0 amide bonds. The molecule has 0 aromatic rings. The second kappa shape index (κ2) is 5.10. The van der Waals surface area contributed by atoms with Crippen molar-refractivity contribution in [2.45, 2.75) is 27.2 Å². The Bertz CT molecular complexity index is 134. The molecule has 58 valence electrons. The van der Waals surface area contributed by atoms with Crippen molar-refractivity contribution in [1.29, 1.82) is 0 Å². The van der Waals surface area contributed by atoms with Gasteiger partial charge in [0.15, 0.2) is 0 Å². The van der Waals surface area contributed by atoms with E-state index in [4.69, 9.17) is 0 Å². The predicted molar refractivity (Wildman–Crippen MR) is 46.9 cm³/mol. The third-order valence-electron chi connectivity index (χ3n) is 1.51. The zero-order chi connectivity index (χ0) is 7.98. The fraction of sp³-hybridized carbons (Fsp3) is 0.556. The van der Waals surface area contributed by atoms with Crippen molar-refractivity contribution in [2.75, 3.05) is 6.54 Å². The van der Waals surface area contributed by atoms with Crippen molar-refractivity contribution in [2.24, 2.45) is 0 Å². The smallest absolute Gasteiger partial charge is 0.0185 e. The van der Waals surface area contributed by atoms with Gasteiger partial charge in [-0.3, -0.25) is 0 Å². The van der Waals surface area contributed by atoms with E-state index in [-0.39, 0.29) is 0 Å². The van der Waals surface area contributed by atoms with Crippen LogP contribution in [0.15, 0.2) is 23.9 Å². The summed E-state index contributed by atoms with van der Waals surface area (Å²) in [7, 11) is 0. The van der Waals surface area contributed by atoms with Gasteiger partial charge in [-0.15, -0.1) is 0 Å². The predicted octanol–water partition coefficient (Wildman–Crippen LogP) is 2.47. The maximum atomic E-state index is 3.70. The minimum absolute atomic E-state index is 1.09. The van der Waals surface area contributed by atoms with Crippen molar-refractivity contribution in [1.82, 2.24) is 5.32 Å². The van der Waals surface area contributed by atoms with Crippen LogP contribution >= 0.6 is 0 Å². The number of allylic oxidation sites excluding steroid dienone is 2. The van der Waals surface area contributed by atoms with Crippen LogP contribution in [0.5, 0.6) is 0 Å². The molecule has 1 aliphatic heterocycles. The van der Waals surface area contributed by atoms with Gasteiger partial charge < -0.3 is 5.32 Å². The molecule has 0 saturated heterocycles. The average molecular weight is 139 g/mol. The third kappa shape index (κ3) is 2.26. The molecule has 1 N–H and O–H groups in total. The molecular weight excluding hydrogens is 122 g/mol. The Balaban J connectivity index is 0.000000371. The van der Waals surface area contributed by atoms with E-state index < -0.39 is 0 Å². The van der Waals surface area contributed by atoms with Crippen LogP contribution in [0, 0.1) is 0 Å². The van der Waals surface area contributed by atoms with E-state index in [2.05, 4.69) is 18.8 Å². The number of hydrogen-bond donors (Lipinski definition) is 1. The molecule has 1 heteroatoms. The maximum absolute atomic E-state index is 3.70. The van der Waals surface area contributed by atoms with Crippen LogP contribution in [0.3, 0.4) is 0 Å². The molecule has 0 spiro atoms. The minimum Gasteiger partial charge on any atom is -0.388 e. The molecule has 1 heterocycles. The Morgan fingerprint density at radius 3 is 2.30 bits per heavy atom. The molecule has 0 saturated carbocycles. The number of rotatable bonds is 1. The van der Waals surface area contributed by atoms with E-state index in [1.807, 2.05) is 19.9 Å². The van der Waals surface area contributed by atoms with Crippen molar-refractivity contribution >= 4 is 0 Å². The zero-order valence-electron chi connectivity index (χ0n) is 7.20. The number of hydrogen-bond acceptors (Lipinski definition) is 1. The van der Waals surface area contributed by atoms with Gasteiger partial charge in [-0.2, -0.15) is 0 Å². The van der Waals surface area contributed by atoms with Gasteiger partial charge in [-0.1, -0.05) is 26.5 Å². The van der Waals surface area contributed by atoms with E-state index >= 15 is 0 Å². The van der Waals surface area contributed by atoms with E-state index in [0.717, 1.165) is 13.0 Å². The fourth-order valence-corrected chi connectivity index (χ4v) is 0.941. The van der Waals surface area contributed by atoms with Crippen molar-refractivity contribution in [3.63, 3.8) is 0 Å². The first-order chi connectivity index (χ1) is 4.84. The molecule has 0 aliphatic carbocycles. The average Bonchev–Trinajstić information content (AvgIpc) is 2.39. The lowest BCUT2D eigenvalue weighted by atomic mass is 10.2. The Labute approximate surface area is 63.8 Å². The highest BCUT2D eigenvalue weighted by atomic mass is 14.9. The van der Waals surface area contributed by atoms with Crippen molar-refractivity contribution in [3.05, 3.63) is 23.9 Å². The second-order valence-corrected chi connectivity index (χ2v) is 2.03. The third-order valence-corrected chi connectivity index (χ3v) is 1.51. The lowest BCUT2D eigenvalue weighted by Gasteiger charge is -1.91. The van der Waals surface area contributed by atoms with Gasteiger partial charge in [0.1, 0.15) is 0 Å². The van der Waals surface area contributed by atoms with Gasteiger partial charge in [0, 0.05) is 12.2 Å². The molecule has 1 nitrogen and oxygen atoms in total. The maximum Gasteiger partial charge on any atom is 0.0185 e. The summed E-state index contributed by atoms with van der Waals surface area (Å²) in [6.07, 6.45) is 3.07. The normalized spacial score (nSPS) is 15.5. The van der Waals surface area contributed by atoms with Gasteiger partial charge >= 0.3 is 0 Å². The van der Waals surface area contributed by atoms with Crippen LogP contribution in [0.2, 0.25) is 0 Å². The van der Waals surface area contributed by atoms with Crippen LogP contribution in [0.1, 0.15) is 27.2 Å². The minimum atomic E-state index is 1.09. The second-order valence-electron chi connectivity index (χ2n) is 2.03. The lowest BCUT2D eigenvalue weighted by molar-refractivity contribution is 0.874. The van der Waals surface area contributed by atoms with Crippen LogP contribution in [-0.4, -0.2) is 6.54 Å². The summed E-state index contributed by atoms with van der Waals surface area (Å²) in [4.78, 5) is 0. The molecule has 0 aromatic heterocycles. The first kappa shape index (κ1) is 9.28. The van der Waals surface area contributed by atoms with E-state index in [9.17, 15) is 0 Å². The summed E-state index contributed by atoms with van der Waals surface area (Å²) in [6, 6.07) is 0. The van der Waals surface area contributed by atoms with Gasteiger partial charge in [0.2, 0.25) is 0 Å². The molecule has 0 unspecified atom stereocenters. The first-order valence-electron chi connectivity index (χ1n) is 3.90. The van der Waals surface area contributed by atoms with E-state index in [0.29, 0.717) is 0 Å². The standard InChI is InChI=1S/C7H11N.C2H6/c1-3-7-4-5-8-6(7)2;1-2/h3,8H,1,4-5H2,2H3;1-2H3. The van der Waals surface area contributed by atoms with Gasteiger partial charge in [-0.25, -0.2) is 0 Å². The summed E-state index contributed by atoms with van der Waals surface area (Å²) in [5.74, 6) is 0. The summed E-state index contributed by atoms with van der Waals surface area (Å²) in [6.45, 7) is 10.9. The summed E-state index contributed by atoms with van der Waals surface area (Å²) < 4.78 is 0. The lowest BCUT2D eigenvalue weighted by Crippen LogP contribution is -2.03. The van der Waals surface area contributed by atoms with Crippen molar-refractivity contribution in [3.8, 4) is 0 Å². The SMILES string of the molecule is C=CC1=C(C)NCC1.CC. The molecule has 0 aromatic carbocycles. The topological polar surface area (TPSA) is 12.0 Å². The first-order valence-corrected chi connectivity index (χ1v) is 3.90. The zero-order valence-corrected chi connectivity index (χ0v) is 7.20. The molecule has 0 atom stereocenters. The van der Waals surface area contributed by atoms with E-state index in [1.165, 1.54) is 11.3 Å². The fourth-order valence-electron chi connectivity index (χ4n) is 0.941. The molecule has 1 rings (SSSR count). The highest BCUT2D eigenvalue weighted by Crippen LogP contribution is 2.12. The molecule has 0 radical (unpaired) electrons. The summed E-state index contributed by atoms with van der Waals surface area (Å²) in [5.41, 5.74) is 2.66. The molecule has 0 fully saturated rings. The van der Waals surface area contributed by atoms with E-state index in [1.54, 1.807) is 0 Å². The van der Waals surface area contributed by atoms with Gasteiger partial charge in [0.05, 0.1) is 0 Å². The van der Waals surface area contributed by atoms with Crippen LogP contribution in [0.25, 0.3) is 0 Å². The highest BCUT2D eigenvalue weighted by Gasteiger charge is 2.04. The molecule has 10 heavy (non-hydrogen) atoms. The molecule has 1 aliphatic rings. The Morgan fingerprint density at radius 2 is 2.10 bits per heavy atom. The van der Waals surface area contributed by atoms with Crippen LogP contribution in [-0.2, 0) is 0 Å². The molecular formula is C9H17N. The Morgan fingerprint density at radius 1 is 1.50 bits per heavy atom. The monoisotopic (exact) mass is 139 g/mol. The Hall–Kier alpha value is -0.720. The highest BCUT2D eigenvalue weighted by molar-refractivity contribution is 5.25. The van der Waals surface area contributed by atoms with Crippen LogP contribution in [0.4, 0.5) is 0 Å². The summed E-state index contributed by atoms with van der Waals surface area (Å²) >= 11 is 0. The molecule has 0 bridgehead atoms. The van der Waals surface area contributed by atoms with Crippen molar-refractivity contribution < 1.29 is 0 Å². The van der Waals surface area contributed by atoms with Gasteiger partial charge in [-0.05, 0) is 18.9 Å². The van der Waals surface area contributed by atoms with Crippen LogP contribution < -0.4 is 5.32 Å². The quantitative estimate of drug-likeness (QED) is 0.588.